The van der Waals surface area contributed by atoms with Crippen molar-refractivity contribution in [1.29, 1.82) is 0 Å². The van der Waals surface area contributed by atoms with Crippen LogP contribution in [0.3, 0.4) is 0 Å². The molecule has 0 fully saturated rings. The number of fused-ring (bicyclic) bond motifs is 4. The van der Waals surface area contributed by atoms with Crippen molar-refractivity contribution in [3.63, 3.8) is 0 Å². The molecule has 0 unspecified atom stereocenters. The first-order valence-electron chi connectivity index (χ1n) is 10.4. The number of halogens is 2. The Hall–Kier alpha value is -2.90. The molecule has 0 bridgehead atoms. The standard InChI is InChI=1S/C23H21Cl2N5O2/c1-12(2)29-18-9-8-16(25)10-17(18)23(22(29)32)11-19(31)26-21-20(23)27-28-30(21)13(3)14-4-6-15(24)7-5-14/h4-10,12-13H,11H2,1-3H3,(H,26,31)/t13-,23+/m0/s1. The minimum atomic E-state index is -1.26. The molecule has 3 aromatic rings. The number of carbonyl (C=O) groups is 2. The molecule has 1 N–H and O–H groups in total. The number of aromatic nitrogens is 3. The fraction of sp³-hybridized carbons (Fsp3) is 0.304. The van der Waals surface area contributed by atoms with Crippen molar-refractivity contribution in [2.75, 3.05) is 10.2 Å². The fourth-order valence-corrected chi connectivity index (χ4v) is 5.05. The van der Waals surface area contributed by atoms with E-state index in [-0.39, 0.29) is 30.3 Å². The Balaban J connectivity index is 1.71. The highest BCUT2D eigenvalue weighted by Gasteiger charge is 2.59. The van der Waals surface area contributed by atoms with Crippen LogP contribution in [-0.4, -0.2) is 32.9 Å². The molecule has 2 aromatic carbocycles. The number of hydrogen-bond donors (Lipinski definition) is 1. The molecule has 0 radical (unpaired) electrons. The summed E-state index contributed by atoms with van der Waals surface area (Å²) in [7, 11) is 0. The lowest BCUT2D eigenvalue weighted by molar-refractivity contribution is -0.127. The summed E-state index contributed by atoms with van der Waals surface area (Å²) in [6.07, 6.45) is -0.0522. The van der Waals surface area contributed by atoms with Crippen LogP contribution >= 0.6 is 23.2 Å². The predicted octanol–water partition coefficient (Wildman–Crippen LogP) is 4.58. The van der Waals surface area contributed by atoms with Gasteiger partial charge in [0.25, 0.3) is 0 Å². The van der Waals surface area contributed by atoms with Gasteiger partial charge in [0, 0.05) is 21.8 Å². The molecule has 1 spiro atoms. The average molecular weight is 470 g/mol. The van der Waals surface area contributed by atoms with E-state index in [0.29, 0.717) is 27.1 Å². The third kappa shape index (κ3) is 2.88. The lowest BCUT2D eigenvalue weighted by Gasteiger charge is -2.32. The SMILES string of the molecule is CC(C)N1C(=O)[C@]2(CC(=O)Nc3c2nnn3[C@@H](C)c2ccc(Cl)cc2)c2cc(Cl)ccc21. The summed E-state index contributed by atoms with van der Waals surface area (Å²) in [5, 5.41) is 12.8. The van der Waals surface area contributed by atoms with Crippen molar-refractivity contribution in [2.24, 2.45) is 0 Å². The van der Waals surface area contributed by atoms with Gasteiger partial charge in [-0.2, -0.15) is 0 Å². The van der Waals surface area contributed by atoms with E-state index in [1.807, 2.05) is 39.0 Å². The van der Waals surface area contributed by atoms with E-state index >= 15 is 0 Å². The first-order valence-corrected chi connectivity index (χ1v) is 11.1. The number of anilines is 2. The smallest absolute Gasteiger partial charge is 0.244 e. The van der Waals surface area contributed by atoms with Gasteiger partial charge in [0.1, 0.15) is 11.1 Å². The molecule has 0 saturated carbocycles. The van der Waals surface area contributed by atoms with Crippen LogP contribution in [0.1, 0.15) is 50.1 Å². The highest BCUT2D eigenvalue weighted by molar-refractivity contribution is 6.31. The normalized spacial score (nSPS) is 20.5. The molecule has 3 heterocycles. The predicted molar refractivity (Wildman–Crippen MR) is 123 cm³/mol. The molecule has 9 heteroatoms. The van der Waals surface area contributed by atoms with Gasteiger partial charge in [0.15, 0.2) is 5.82 Å². The van der Waals surface area contributed by atoms with Gasteiger partial charge in [0.2, 0.25) is 11.8 Å². The molecule has 7 nitrogen and oxygen atoms in total. The monoisotopic (exact) mass is 469 g/mol. The summed E-state index contributed by atoms with van der Waals surface area (Å²) in [6.45, 7) is 5.84. The molecule has 2 aliphatic rings. The fourth-order valence-electron chi connectivity index (χ4n) is 4.75. The zero-order chi connectivity index (χ0) is 22.8. The molecular formula is C23H21Cl2N5O2. The van der Waals surface area contributed by atoms with Gasteiger partial charge in [-0.1, -0.05) is 40.5 Å². The molecular weight excluding hydrogens is 449 g/mol. The van der Waals surface area contributed by atoms with E-state index in [1.165, 1.54) is 0 Å². The van der Waals surface area contributed by atoms with Gasteiger partial charge < -0.3 is 10.2 Å². The summed E-state index contributed by atoms with van der Waals surface area (Å²) >= 11 is 12.4. The van der Waals surface area contributed by atoms with E-state index < -0.39 is 5.41 Å². The van der Waals surface area contributed by atoms with Gasteiger partial charge >= 0.3 is 0 Å². The van der Waals surface area contributed by atoms with Gasteiger partial charge in [-0.25, -0.2) is 4.68 Å². The molecule has 1 aromatic heterocycles. The van der Waals surface area contributed by atoms with Crippen LogP contribution in [0.5, 0.6) is 0 Å². The number of carbonyl (C=O) groups excluding carboxylic acids is 2. The summed E-state index contributed by atoms with van der Waals surface area (Å²) < 4.78 is 1.65. The van der Waals surface area contributed by atoms with Gasteiger partial charge in [-0.3, -0.25) is 9.59 Å². The van der Waals surface area contributed by atoms with Crippen molar-refractivity contribution in [2.45, 2.75) is 44.7 Å². The Morgan fingerprint density at radius 2 is 1.72 bits per heavy atom. The Labute approximate surface area is 195 Å². The van der Waals surface area contributed by atoms with Crippen LogP contribution in [0.25, 0.3) is 0 Å². The Morgan fingerprint density at radius 1 is 1.03 bits per heavy atom. The first-order chi connectivity index (χ1) is 15.2. The maximum atomic E-state index is 13.9. The Morgan fingerprint density at radius 3 is 2.41 bits per heavy atom. The molecule has 0 aliphatic carbocycles. The maximum Gasteiger partial charge on any atom is 0.244 e. The van der Waals surface area contributed by atoms with Crippen molar-refractivity contribution < 1.29 is 9.59 Å². The van der Waals surface area contributed by atoms with E-state index in [9.17, 15) is 9.59 Å². The molecule has 2 amide bonds. The van der Waals surface area contributed by atoms with Crippen LogP contribution < -0.4 is 10.2 Å². The van der Waals surface area contributed by atoms with E-state index in [2.05, 4.69) is 15.6 Å². The first kappa shape index (κ1) is 21.0. The number of hydrogen-bond acceptors (Lipinski definition) is 4. The minimum absolute atomic E-state index is 0.0522. The number of amides is 2. The maximum absolute atomic E-state index is 13.9. The zero-order valence-electron chi connectivity index (χ0n) is 17.8. The summed E-state index contributed by atoms with van der Waals surface area (Å²) in [5.41, 5.74) is 1.55. The molecule has 164 valence electrons. The second kappa shape index (κ2) is 7.32. The third-order valence-electron chi connectivity index (χ3n) is 6.28. The average Bonchev–Trinajstić information content (AvgIpc) is 3.26. The van der Waals surface area contributed by atoms with E-state index in [4.69, 9.17) is 23.2 Å². The van der Waals surface area contributed by atoms with Crippen molar-refractivity contribution >= 4 is 46.5 Å². The van der Waals surface area contributed by atoms with Crippen molar-refractivity contribution in [3.8, 4) is 0 Å². The summed E-state index contributed by atoms with van der Waals surface area (Å²) in [5.74, 6) is -0.0325. The second-order valence-electron chi connectivity index (χ2n) is 8.52. The van der Waals surface area contributed by atoms with Crippen LogP contribution in [0.15, 0.2) is 42.5 Å². The van der Waals surface area contributed by atoms with E-state index in [0.717, 1.165) is 11.3 Å². The molecule has 2 aliphatic heterocycles. The third-order valence-corrected chi connectivity index (χ3v) is 6.77. The molecule has 0 saturated heterocycles. The van der Waals surface area contributed by atoms with Crippen LogP contribution in [0, 0.1) is 0 Å². The lowest BCUT2D eigenvalue weighted by Crippen LogP contribution is -2.48. The summed E-state index contributed by atoms with van der Waals surface area (Å²) in [6, 6.07) is 12.4. The highest BCUT2D eigenvalue weighted by atomic mass is 35.5. The highest BCUT2D eigenvalue weighted by Crippen LogP contribution is 2.53. The van der Waals surface area contributed by atoms with Crippen LogP contribution in [0.4, 0.5) is 11.5 Å². The molecule has 5 rings (SSSR count). The topological polar surface area (TPSA) is 80.1 Å². The summed E-state index contributed by atoms with van der Waals surface area (Å²) in [4.78, 5) is 28.6. The number of benzene rings is 2. The lowest BCUT2D eigenvalue weighted by atomic mass is 9.73. The zero-order valence-corrected chi connectivity index (χ0v) is 19.3. The second-order valence-corrected chi connectivity index (χ2v) is 9.39. The van der Waals surface area contributed by atoms with E-state index in [1.54, 1.807) is 33.8 Å². The Kier molecular flexibility index (Phi) is 4.80. The van der Waals surface area contributed by atoms with Crippen LogP contribution in [0.2, 0.25) is 10.0 Å². The van der Waals surface area contributed by atoms with Crippen molar-refractivity contribution in [1.82, 2.24) is 15.0 Å². The number of nitrogens with one attached hydrogen (secondary N) is 1. The van der Waals surface area contributed by atoms with Gasteiger partial charge in [-0.05, 0) is 62.2 Å². The van der Waals surface area contributed by atoms with Gasteiger partial charge in [-0.15, -0.1) is 5.10 Å². The number of rotatable bonds is 3. The van der Waals surface area contributed by atoms with Crippen molar-refractivity contribution in [3.05, 3.63) is 69.3 Å². The Bertz CT molecular complexity index is 1250. The molecule has 32 heavy (non-hydrogen) atoms. The quantitative estimate of drug-likeness (QED) is 0.608. The van der Waals surface area contributed by atoms with Gasteiger partial charge in [0.05, 0.1) is 12.5 Å². The largest absolute Gasteiger partial charge is 0.309 e. The van der Waals surface area contributed by atoms with Crippen LogP contribution in [-0.2, 0) is 15.0 Å². The molecule has 2 atom stereocenters. The number of nitrogens with zero attached hydrogens (tertiary/aromatic N) is 4. The minimum Gasteiger partial charge on any atom is -0.309 e.